The van der Waals surface area contributed by atoms with Crippen LogP contribution in [0.15, 0.2) is 24.3 Å². The highest BCUT2D eigenvalue weighted by molar-refractivity contribution is 6.01. The molecule has 2 amide bonds. The zero-order valence-corrected chi connectivity index (χ0v) is 19.8. The first-order valence-electron chi connectivity index (χ1n) is 12.0. The molecule has 4 unspecified atom stereocenters. The van der Waals surface area contributed by atoms with Crippen molar-refractivity contribution in [2.24, 2.45) is 11.8 Å². The van der Waals surface area contributed by atoms with Crippen molar-refractivity contribution in [1.29, 1.82) is 0 Å². The molecule has 1 aromatic carbocycles. The van der Waals surface area contributed by atoms with E-state index in [1.165, 1.54) is 6.42 Å². The number of hydrogen-bond donors (Lipinski definition) is 1. The zero-order valence-electron chi connectivity index (χ0n) is 19.8. The molecule has 0 bridgehead atoms. The lowest BCUT2D eigenvalue weighted by molar-refractivity contribution is -0.134. The molecule has 1 saturated carbocycles. The normalized spacial score (nSPS) is 28.1. The first-order valence-corrected chi connectivity index (χ1v) is 12.0. The highest BCUT2D eigenvalue weighted by atomic mass is 16.5. The molecule has 2 aromatic rings. The van der Waals surface area contributed by atoms with Crippen LogP contribution in [0.3, 0.4) is 0 Å². The molecule has 0 spiro atoms. The van der Waals surface area contributed by atoms with Crippen LogP contribution in [-0.2, 0) is 16.1 Å². The summed E-state index contributed by atoms with van der Waals surface area (Å²) in [4.78, 5) is 33.7. The lowest BCUT2D eigenvalue weighted by atomic mass is 9.77. The molecule has 1 aliphatic heterocycles. The first-order chi connectivity index (χ1) is 15.4. The highest BCUT2D eigenvalue weighted by Crippen LogP contribution is 2.33. The fourth-order valence-corrected chi connectivity index (χ4v) is 5.26. The largest absolute Gasteiger partial charge is 0.382 e. The SMILES string of the molecule is CCOCCCN1C(=O)c2nc3ccccc3n2CC1(C)C(=O)NC1CCCC(C)C1C. The van der Waals surface area contributed by atoms with Crippen LogP contribution in [0, 0.1) is 11.8 Å². The van der Waals surface area contributed by atoms with Crippen LogP contribution >= 0.6 is 0 Å². The average Bonchev–Trinajstić information content (AvgIpc) is 3.15. The van der Waals surface area contributed by atoms with Crippen LogP contribution in [0.2, 0.25) is 0 Å². The van der Waals surface area contributed by atoms with Gasteiger partial charge in [0.05, 0.1) is 17.6 Å². The van der Waals surface area contributed by atoms with Crippen LogP contribution in [0.1, 0.15) is 64.0 Å². The summed E-state index contributed by atoms with van der Waals surface area (Å²) < 4.78 is 7.41. The molecule has 174 valence electrons. The lowest BCUT2D eigenvalue weighted by Crippen LogP contribution is -2.65. The number of aromatic nitrogens is 2. The quantitative estimate of drug-likeness (QED) is 0.667. The summed E-state index contributed by atoms with van der Waals surface area (Å²) in [5, 5.41) is 3.33. The third-order valence-corrected chi connectivity index (χ3v) is 7.54. The zero-order chi connectivity index (χ0) is 22.9. The number of nitrogens with one attached hydrogen (secondary N) is 1. The first kappa shape index (κ1) is 22.8. The number of fused-ring (bicyclic) bond motifs is 3. The van der Waals surface area contributed by atoms with E-state index in [0.29, 0.717) is 50.4 Å². The van der Waals surface area contributed by atoms with E-state index in [4.69, 9.17) is 4.74 Å². The molecule has 2 aliphatic rings. The van der Waals surface area contributed by atoms with E-state index in [2.05, 4.69) is 24.1 Å². The second-order valence-electron chi connectivity index (χ2n) is 9.64. The fourth-order valence-electron chi connectivity index (χ4n) is 5.26. The van der Waals surface area contributed by atoms with E-state index >= 15 is 0 Å². The van der Waals surface area contributed by atoms with E-state index in [0.717, 1.165) is 23.9 Å². The summed E-state index contributed by atoms with van der Waals surface area (Å²) in [5.74, 6) is 1.16. The molecule has 1 aliphatic carbocycles. The molecule has 2 heterocycles. The van der Waals surface area contributed by atoms with E-state index in [9.17, 15) is 9.59 Å². The summed E-state index contributed by atoms with van der Waals surface area (Å²) in [6.07, 6.45) is 4.00. The van der Waals surface area contributed by atoms with Gasteiger partial charge in [-0.1, -0.05) is 38.8 Å². The molecule has 32 heavy (non-hydrogen) atoms. The Labute approximate surface area is 190 Å². The van der Waals surface area contributed by atoms with Crippen molar-refractivity contribution in [3.05, 3.63) is 30.1 Å². The van der Waals surface area contributed by atoms with Crippen molar-refractivity contribution < 1.29 is 14.3 Å². The summed E-state index contributed by atoms with van der Waals surface area (Å²) in [5.41, 5.74) is 0.688. The Hall–Kier alpha value is -2.41. The summed E-state index contributed by atoms with van der Waals surface area (Å²) in [6.45, 7) is 10.4. The maximum atomic E-state index is 13.8. The van der Waals surface area contributed by atoms with Gasteiger partial charge in [0, 0.05) is 25.8 Å². The number of carbonyl (C=O) groups excluding carboxylic acids is 2. The Morgan fingerprint density at radius 3 is 2.84 bits per heavy atom. The number of ether oxygens (including phenoxy) is 1. The minimum absolute atomic E-state index is 0.0726. The Morgan fingerprint density at radius 2 is 2.06 bits per heavy atom. The van der Waals surface area contributed by atoms with Gasteiger partial charge in [0.1, 0.15) is 5.54 Å². The second-order valence-corrected chi connectivity index (χ2v) is 9.64. The van der Waals surface area contributed by atoms with Gasteiger partial charge in [0.15, 0.2) is 5.82 Å². The number of nitrogens with zero attached hydrogens (tertiary/aromatic N) is 3. The molecular weight excluding hydrogens is 404 g/mol. The number of rotatable bonds is 7. The van der Waals surface area contributed by atoms with Crippen molar-refractivity contribution in [2.45, 2.75) is 71.5 Å². The van der Waals surface area contributed by atoms with Gasteiger partial charge in [0.25, 0.3) is 5.91 Å². The van der Waals surface area contributed by atoms with E-state index in [1.807, 2.05) is 42.7 Å². The molecular formula is C25H36N4O3. The van der Waals surface area contributed by atoms with Gasteiger partial charge in [-0.15, -0.1) is 0 Å². The Bertz CT molecular complexity index is 987. The van der Waals surface area contributed by atoms with Crippen molar-refractivity contribution in [3.8, 4) is 0 Å². The molecule has 0 saturated heterocycles. The Balaban J connectivity index is 1.65. The monoisotopic (exact) mass is 440 g/mol. The average molecular weight is 441 g/mol. The van der Waals surface area contributed by atoms with Crippen LogP contribution in [0.5, 0.6) is 0 Å². The van der Waals surface area contributed by atoms with E-state index in [-0.39, 0.29) is 17.9 Å². The predicted molar refractivity (Wildman–Crippen MR) is 124 cm³/mol. The number of amides is 2. The molecule has 7 heteroatoms. The maximum absolute atomic E-state index is 13.8. The molecule has 4 rings (SSSR count). The highest BCUT2D eigenvalue weighted by Gasteiger charge is 2.49. The predicted octanol–water partition coefficient (Wildman–Crippen LogP) is 3.62. The molecule has 1 N–H and O–H groups in total. The van der Waals surface area contributed by atoms with Crippen LogP contribution in [0.4, 0.5) is 0 Å². The summed E-state index contributed by atoms with van der Waals surface area (Å²) >= 11 is 0. The summed E-state index contributed by atoms with van der Waals surface area (Å²) in [6, 6.07) is 7.88. The topological polar surface area (TPSA) is 76.5 Å². The summed E-state index contributed by atoms with van der Waals surface area (Å²) in [7, 11) is 0. The molecule has 0 radical (unpaired) electrons. The van der Waals surface area contributed by atoms with E-state index < -0.39 is 5.54 Å². The van der Waals surface area contributed by atoms with Crippen molar-refractivity contribution in [3.63, 3.8) is 0 Å². The Kier molecular flexibility index (Phi) is 6.56. The minimum atomic E-state index is -0.986. The molecule has 1 aromatic heterocycles. The number of imidazole rings is 1. The van der Waals surface area contributed by atoms with E-state index in [1.54, 1.807) is 4.90 Å². The number of para-hydroxylation sites is 2. The third-order valence-electron chi connectivity index (χ3n) is 7.54. The molecule has 4 atom stereocenters. The van der Waals surface area contributed by atoms with Crippen molar-refractivity contribution >= 4 is 22.8 Å². The third kappa shape index (κ3) is 4.03. The minimum Gasteiger partial charge on any atom is -0.382 e. The van der Waals surface area contributed by atoms with Gasteiger partial charge < -0.3 is 19.5 Å². The van der Waals surface area contributed by atoms with Crippen LogP contribution in [0.25, 0.3) is 11.0 Å². The fraction of sp³-hybridized carbons (Fsp3) is 0.640. The van der Waals surface area contributed by atoms with Crippen LogP contribution < -0.4 is 5.32 Å². The van der Waals surface area contributed by atoms with Gasteiger partial charge in [-0.3, -0.25) is 9.59 Å². The lowest BCUT2D eigenvalue weighted by Gasteiger charge is -2.45. The maximum Gasteiger partial charge on any atom is 0.290 e. The number of benzene rings is 1. The van der Waals surface area contributed by atoms with Gasteiger partial charge in [-0.2, -0.15) is 0 Å². The standard InChI is InChI=1S/C25H36N4O3/c1-5-32-15-9-14-29-23(30)22-26-20-11-6-7-13-21(20)28(22)16-25(29,4)24(31)27-19-12-8-10-17(2)18(19)3/h6-7,11,13,17-19H,5,8-10,12,14-16H2,1-4H3,(H,27,31). The Morgan fingerprint density at radius 1 is 1.28 bits per heavy atom. The van der Waals surface area contributed by atoms with Crippen molar-refractivity contribution in [2.75, 3.05) is 19.8 Å². The smallest absolute Gasteiger partial charge is 0.290 e. The molecule has 7 nitrogen and oxygen atoms in total. The van der Waals surface area contributed by atoms with Gasteiger partial charge in [-0.25, -0.2) is 4.98 Å². The number of carbonyl (C=O) groups is 2. The van der Waals surface area contributed by atoms with Crippen molar-refractivity contribution in [1.82, 2.24) is 19.8 Å². The second kappa shape index (κ2) is 9.22. The van der Waals surface area contributed by atoms with Gasteiger partial charge in [-0.05, 0) is 50.7 Å². The molecule has 1 fully saturated rings. The van der Waals surface area contributed by atoms with Gasteiger partial charge >= 0.3 is 0 Å². The number of hydrogen-bond acceptors (Lipinski definition) is 4. The van der Waals surface area contributed by atoms with Crippen LogP contribution in [-0.4, -0.2) is 57.6 Å². The van der Waals surface area contributed by atoms with Gasteiger partial charge in [0.2, 0.25) is 5.91 Å².